The molecule has 25 heavy (non-hydrogen) atoms. The molecule has 4 rings (SSSR count). The van der Waals surface area contributed by atoms with Crippen molar-refractivity contribution in [2.75, 3.05) is 0 Å². The summed E-state index contributed by atoms with van der Waals surface area (Å²) in [6.07, 6.45) is 8.72. The van der Waals surface area contributed by atoms with E-state index in [1.54, 1.807) is 6.92 Å². The Morgan fingerprint density at radius 2 is 1.80 bits per heavy atom. The molecule has 4 fully saturated rings. The molecule has 0 bridgehead atoms. The Balaban J connectivity index is 1.63. The number of carbonyl (C=O) groups is 2. The van der Waals surface area contributed by atoms with Gasteiger partial charge in [-0.1, -0.05) is 20.8 Å². The lowest BCUT2D eigenvalue weighted by Crippen LogP contribution is -2.56. The van der Waals surface area contributed by atoms with E-state index in [1.807, 2.05) is 0 Å². The Morgan fingerprint density at radius 3 is 2.52 bits per heavy atom. The maximum Gasteiger partial charge on any atom is 0.302 e. The zero-order valence-electron chi connectivity index (χ0n) is 16.3. The lowest BCUT2D eigenvalue weighted by Gasteiger charge is -2.62. The van der Waals surface area contributed by atoms with Crippen LogP contribution in [0.3, 0.4) is 0 Å². The van der Waals surface area contributed by atoms with Gasteiger partial charge < -0.3 is 4.74 Å². The molecule has 0 aromatic heterocycles. The molecule has 0 N–H and O–H groups in total. The van der Waals surface area contributed by atoms with E-state index in [4.69, 9.17) is 4.74 Å². The summed E-state index contributed by atoms with van der Waals surface area (Å²) in [5.41, 5.74) is 0.515. The molecule has 0 saturated heterocycles. The number of hydrogen-bond acceptors (Lipinski definition) is 3. The lowest BCUT2D eigenvalue weighted by atomic mass is 9.43. The summed E-state index contributed by atoms with van der Waals surface area (Å²) in [6, 6.07) is 0. The maximum atomic E-state index is 12.1. The smallest absolute Gasteiger partial charge is 0.302 e. The number of fused-ring (bicyclic) bond motifs is 5. The molecule has 3 nitrogen and oxygen atoms in total. The zero-order chi connectivity index (χ0) is 18.0. The molecule has 8 atom stereocenters. The van der Waals surface area contributed by atoms with Gasteiger partial charge in [0.2, 0.25) is 0 Å². The first-order valence-corrected chi connectivity index (χ1v) is 10.4. The van der Waals surface area contributed by atoms with Crippen LogP contribution in [-0.2, 0) is 14.3 Å². The average molecular weight is 347 g/mol. The Morgan fingerprint density at radius 1 is 1.08 bits per heavy atom. The standard InChI is InChI=1S/C22H34O3/c1-13-11-15-12-16(24)7-9-21(15,3)18-8-10-22(4)17(20(13)18)5-6-19(22)25-14(2)23/h13,15,17-20H,5-12H2,1-4H3/t13-,15+,17-,18+,19-,20-,21-,22+/m1/s1. The van der Waals surface area contributed by atoms with Crippen LogP contribution < -0.4 is 0 Å². The first-order valence-electron chi connectivity index (χ1n) is 10.4. The number of carbonyl (C=O) groups excluding carboxylic acids is 2. The summed E-state index contributed by atoms with van der Waals surface area (Å²) in [5, 5.41) is 0. The predicted octanol–water partition coefficient (Wildman–Crippen LogP) is 4.78. The Bertz CT molecular complexity index is 584. The van der Waals surface area contributed by atoms with E-state index in [0.29, 0.717) is 29.0 Å². The highest BCUT2D eigenvalue weighted by atomic mass is 16.5. The van der Waals surface area contributed by atoms with Gasteiger partial charge in [0.05, 0.1) is 0 Å². The van der Waals surface area contributed by atoms with Crippen molar-refractivity contribution in [1.29, 1.82) is 0 Å². The van der Waals surface area contributed by atoms with Crippen molar-refractivity contribution in [1.82, 2.24) is 0 Å². The van der Waals surface area contributed by atoms with Gasteiger partial charge in [0.15, 0.2) is 0 Å². The van der Waals surface area contributed by atoms with Crippen molar-refractivity contribution in [3.05, 3.63) is 0 Å². The van der Waals surface area contributed by atoms with Crippen LogP contribution in [0.2, 0.25) is 0 Å². The Labute approximate surface area is 152 Å². The van der Waals surface area contributed by atoms with E-state index in [0.717, 1.165) is 37.5 Å². The summed E-state index contributed by atoms with van der Waals surface area (Å²) in [7, 11) is 0. The molecule has 3 heteroatoms. The highest BCUT2D eigenvalue weighted by Crippen LogP contribution is 2.67. The van der Waals surface area contributed by atoms with Gasteiger partial charge in [0.25, 0.3) is 0 Å². The van der Waals surface area contributed by atoms with Crippen LogP contribution in [0.1, 0.15) is 79.1 Å². The van der Waals surface area contributed by atoms with Crippen LogP contribution in [0, 0.1) is 40.4 Å². The highest BCUT2D eigenvalue weighted by molar-refractivity contribution is 5.79. The number of ether oxygens (including phenoxy) is 1. The predicted molar refractivity (Wildman–Crippen MR) is 96.8 cm³/mol. The topological polar surface area (TPSA) is 43.4 Å². The van der Waals surface area contributed by atoms with Gasteiger partial charge in [0.1, 0.15) is 11.9 Å². The van der Waals surface area contributed by atoms with E-state index < -0.39 is 0 Å². The summed E-state index contributed by atoms with van der Waals surface area (Å²) in [6.45, 7) is 8.87. The molecule has 0 aromatic carbocycles. The van der Waals surface area contributed by atoms with Crippen LogP contribution in [0.4, 0.5) is 0 Å². The number of hydrogen-bond donors (Lipinski definition) is 0. The van der Waals surface area contributed by atoms with Crippen molar-refractivity contribution in [2.24, 2.45) is 40.4 Å². The number of esters is 1. The summed E-state index contributed by atoms with van der Waals surface area (Å²) in [5.74, 6) is 3.83. The molecule has 0 aliphatic heterocycles. The van der Waals surface area contributed by atoms with Gasteiger partial charge in [-0.3, -0.25) is 9.59 Å². The van der Waals surface area contributed by atoms with E-state index >= 15 is 0 Å². The van der Waals surface area contributed by atoms with Crippen LogP contribution in [0.15, 0.2) is 0 Å². The average Bonchev–Trinajstić information content (AvgIpc) is 2.85. The van der Waals surface area contributed by atoms with E-state index in [2.05, 4.69) is 20.8 Å². The normalized spacial score (nSPS) is 52.1. The quantitative estimate of drug-likeness (QED) is 0.642. The zero-order valence-corrected chi connectivity index (χ0v) is 16.3. The van der Waals surface area contributed by atoms with Crippen molar-refractivity contribution < 1.29 is 14.3 Å². The molecule has 0 spiro atoms. The molecule has 0 radical (unpaired) electrons. The second-order valence-electron chi connectivity index (χ2n) is 10.2. The first kappa shape index (κ1) is 17.5. The van der Waals surface area contributed by atoms with Crippen LogP contribution >= 0.6 is 0 Å². The van der Waals surface area contributed by atoms with Gasteiger partial charge >= 0.3 is 5.97 Å². The second kappa shape index (κ2) is 5.82. The number of rotatable bonds is 1. The fraction of sp³-hybridized carbons (Fsp3) is 0.909. The minimum Gasteiger partial charge on any atom is -0.462 e. The molecule has 4 aliphatic carbocycles. The van der Waals surface area contributed by atoms with Crippen LogP contribution in [0.5, 0.6) is 0 Å². The SMILES string of the molecule is CC(=O)O[C@@H]1CC[C@@H]2[C@H]3[C@H](C)C[C@H]4CC(=O)CC[C@@]4(C)[C@H]3CC[C@@]21C. The Hall–Kier alpha value is -0.860. The van der Waals surface area contributed by atoms with Gasteiger partial charge in [-0.15, -0.1) is 0 Å². The van der Waals surface area contributed by atoms with Crippen LogP contribution in [-0.4, -0.2) is 17.9 Å². The van der Waals surface area contributed by atoms with E-state index in [1.165, 1.54) is 25.7 Å². The molecule has 140 valence electrons. The molecule has 4 saturated carbocycles. The second-order valence-corrected chi connectivity index (χ2v) is 10.2. The van der Waals surface area contributed by atoms with E-state index in [9.17, 15) is 9.59 Å². The van der Waals surface area contributed by atoms with Crippen molar-refractivity contribution in [3.8, 4) is 0 Å². The monoisotopic (exact) mass is 346 g/mol. The van der Waals surface area contributed by atoms with Crippen molar-refractivity contribution >= 4 is 11.8 Å². The lowest BCUT2D eigenvalue weighted by molar-refractivity contribution is -0.167. The summed E-state index contributed by atoms with van der Waals surface area (Å²) in [4.78, 5) is 23.6. The molecular formula is C22H34O3. The third-order valence-electron chi connectivity index (χ3n) is 9.06. The summed E-state index contributed by atoms with van der Waals surface area (Å²) >= 11 is 0. The fourth-order valence-electron chi connectivity index (χ4n) is 7.77. The van der Waals surface area contributed by atoms with Crippen molar-refractivity contribution in [3.63, 3.8) is 0 Å². The summed E-state index contributed by atoms with van der Waals surface area (Å²) < 4.78 is 5.76. The minimum atomic E-state index is -0.122. The van der Waals surface area contributed by atoms with Crippen molar-refractivity contribution in [2.45, 2.75) is 85.2 Å². The van der Waals surface area contributed by atoms with Gasteiger partial charge in [0, 0.05) is 25.2 Å². The first-order chi connectivity index (χ1) is 11.8. The Kier molecular flexibility index (Phi) is 4.09. The van der Waals surface area contributed by atoms with Gasteiger partial charge in [-0.25, -0.2) is 0 Å². The minimum absolute atomic E-state index is 0.113. The maximum absolute atomic E-state index is 12.1. The molecule has 0 amide bonds. The van der Waals surface area contributed by atoms with Gasteiger partial charge in [-0.2, -0.15) is 0 Å². The van der Waals surface area contributed by atoms with Crippen LogP contribution in [0.25, 0.3) is 0 Å². The molecule has 4 aliphatic rings. The third kappa shape index (κ3) is 2.51. The molecule has 0 heterocycles. The number of Topliss-reactive ketones (excluding diaryl/α,β-unsaturated/α-hetero) is 1. The molecule has 0 unspecified atom stereocenters. The third-order valence-corrected chi connectivity index (χ3v) is 9.06. The highest BCUT2D eigenvalue weighted by Gasteiger charge is 2.62. The fourth-order valence-corrected chi connectivity index (χ4v) is 7.77. The molecular weight excluding hydrogens is 312 g/mol. The molecule has 0 aromatic rings. The largest absolute Gasteiger partial charge is 0.462 e. The van der Waals surface area contributed by atoms with E-state index in [-0.39, 0.29) is 17.5 Å². The van der Waals surface area contributed by atoms with Gasteiger partial charge in [-0.05, 0) is 73.5 Å². The number of ketones is 1.